The highest BCUT2D eigenvalue weighted by Crippen LogP contribution is 2.39. The van der Waals surface area contributed by atoms with Crippen LogP contribution in [0.3, 0.4) is 0 Å². The highest BCUT2D eigenvalue weighted by molar-refractivity contribution is 6.31. The number of anilines is 1. The van der Waals surface area contributed by atoms with Crippen molar-refractivity contribution in [2.24, 2.45) is 0 Å². The van der Waals surface area contributed by atoms with Crippen LogP contribution in [0.1, 0.15) is 17.2 Å². The molecule has 5 rings (SSSR count). The quantitative estimate of drug-likeness (QED) is 0.519. The molecule has 1 atom stereocenters. The topological polar surface area (TPSA) is 89.9 Å². The third-order valence-corrected chi connectivity index (χ3v) is 5.30. The number of benzene rings is 2. The summed E-state index contributed by atoms with van der Waals surface area (Å²) in [6.07, 6.45) is 4.86. The molecule has 6 nitrogen and oxygen atoms in total. The van der Waals surface area contributed by atoms with Crippen LogP contribution in [0.4, 0.5) is 5.69 Å². The molecule has 0 amide bonds. The lowest BCUT2D eigenvalue weighted by molar-refractivity contribution is 0.474. The first-order valence-electron chi connectivity index (χ1n) is 8.64. The van der Waals surface area contributed by atoms with E-state index in [1.54, 1.807) is 12.3 Å². The zero-order valence-corrected chi connectivity index (χ0v) is 15.1. The van der Waals surface area contributed by atoms with Crippen molar-refractivity contribution in [2.45, 2.75) is 18.9 Å². The van der Waals surface area contributed by atoms with Crippen LogP contribution in [0, 0.1) is 0 Å². The summed E-state index contributed by atoms with van der Waals surface area (Å²) in [5, 5.41) is 16.1. The van der Waals surface area contributed by atoms with Gasteiger partial charge in [0.1, 0.15) is 12.1 Å². The Labute approximate surface area is 160 Å². The minimum Gasteiger partial charge on any atom is -0.508 e. The van der Waals surface area contributed by atoms with E-state index in [-0.39, 0.29) is 11.8 Å². The summed E-state index contributed by atoms with van der Waals surface area (Å²) in [6.45, 7) is 0. The van der Waals surface area contributed by atoms with Gasteiger partial charge < -0.3 is 10.8 Å². The van der Waals surface area contributed by atoms with E-state index < -0.39 is 0 Å². The van der Waals surface area contributed by atoms with Gasteiger partial charge in [0.25, 0.3) is 0 Å². The fraction of sp³-hybridized carbons (Fsp3) is 0.150. The molecule has 3 N–H and O–H groups in total. The van der Waals surface area contributed by atoms with Crippen LogP contribution >= 0.6 is 11.6 Å². The largest absolute Gasteiger partial charge is 0.508 e. The van der Waals surface area contributed by atoms with Gasteiger partial charge in [0.05, 0.1) is 17.1 Å². The standard InChI is InChI=1S/C20H16ClN5O/c21-13-4-12(6-15(27)7-13)19-17-9-23-10-24-20(17)25-26(19)14-5-11-2-1-3-18(22)16(11)8-14/h1-4,6-7,9-10,14,27H,5,8,22H2. The van der Waals surface area contributed by atoms with Crippen molar-refractivity contribution in [3.63, 3.8) is 0 Å². The zero-order valence-electron chi connectivity index (χ0n) is 14.3. The number of hydrogen-bond donors (Lipinski definition) is 2. The minimum absolute atomic E-state index is 0.106. The van der Waals surface area contributed by atoms with Gasteiger partial charge in [-0.25, -0.2) is 9.97 Å². The molecule has 1 aliphatic rings. The molecule has 2 aromatic carbocycles. The lowest BCUT2D eigenvalue weighted by atomic mass is 10.1. The van der Waals surface area contributed by atoms with Gasteiger partial charge in [-0.3, -0.25) is 4.68 Å². The monoisotopic (exact) mass is 377 g/mol. The van der Waals surface area contributed by atoms with E-state index in [0.717, 1.165) is 35.2 Å². The molecule has 27 heavy (non-hydrogen) atoms. The fourth-order valence-corrected chi connectivity index (χ4v) is 4.17. The number of nitrogens with two attached hydrogens (primary N) is 1. The number of nitrogens with zero attached hydrogens (tertiary/aromatic N) is 4. The van der Waals surface area contributed by atoms with Crippen LogP contribution in [-0.2, 0) is 12.8 Å². The first kappa shape index (κ1) is 16.1. The third-order valence-electron chi connectivity index (χ3n) is 5.08. The van der Waals surface area contributed by atoms with Gasteiger partial charge in [0.15, 0.2) is 5.65 Å². The van der Waals surface area contributed by atoms with Crippen LogP contribution in [0.2, 0.25) is 5.02 Å². The van der Waals surface area contributed by atoms with Gasteiger partial charge in [-0.15, -0.1) is 0 Å². The Morgan fingerprint density at radius 3 is 2.89 bits per heavy atom. The van der Waals surface area contributed by atoms with E-state index in [4.69, 9.17) is 22.4 Å². The molecular formula is C20H16ClN5O. The summed E-state index contributed by atoms with van der Waals surface area (Å²) in [5.74, 6) is 0.106. The molecule has 2 aromatic heterocycles. The van der Waals surface area contributed by atoms with Gasteiger partial charge in [0.2, 0.25) is 0 Å². The molecule has 4 aromatic rings. The first-order chi connectivity index (χ1) is 13.1. The molecule has 0 fully saturated rings. The van der Waals surface area contributed by atoms with Crippen LogP contribution in [0.25, 0.3) is 22.3 Å². The number of phenolic OH excluding ortho intramolecular Hbond substituents is 1. The Morgan fingerprint density at radius 1 is 1.19 bits per heavy atom. The Balaban J connectivity index is 1.71. The molecule has 1 aliphatic carbocycles. The lowest BCUT2D eigenvalue weighted by Crippen LogP contribution is -2.12. The molecule has 134 valence electrons. The summed E-state index contributed by atoms with van der Waals surface area (Å²) in [6, 6.07) is 11.1. The van der Waals surface area contributed by atoms with Gasteiger partial charge in [-0.05, 0) is 48.2 Å². The predicted octanol–water partition coefficient (Wildman–Crippen LogP) is 3.77. The first-order valence-corrected chi connectivity index (χ1v) is 9.02. The highest BCUT2D eigenvalue weighted by Gasteiger charge is 2.28. The number of rotatable bonds is 2. The highest BCUT2D eigenvalue weighted by atomic mass is 35.5. The van der Waals surface area contributed by atoms with E-state index in [2.05, 4.69) is 16.0 Å². The number of fused-ring (bicyclic) bond motifs is 2. The number of aromatic nitrogens is 4. The van der Waals surface area contributed by atoms with Gasteiger partial charge in [-0.1, -0.05) is 23.7 Å². The molecular weight excluding hydrogens is 362 g/mol. The van der Waals surface area contributed by atoms with Crippen LogP contribution in [0.5, 0.6) is 5.75 Å². The number of halogens is 1. The summed E-state index contributed by atoms with van der Waals surface area (Å²) in [5.41, 5.74) is 11.6. The van der Waals surface area contributed by atoms with Crippen LogP contribution in [0.15, 0.2) is 48.9 Å². The maximum absolute atomic E-state index is 10.0. The van der Waals surface area contributed by atoms with Gasteiger partial charge >= 0.3 is 0 Å². The molecule has 0 saturated heterocycles. The summed E-state index contributed by atoms with van der Waals surface area (Å²) in [7, 11) is 0. The maximum atomic E-state index is 10.0. The third kappa shape index (κ3) is 2.61. The summed E-state index contributed by atoms with van der Waals surface area (Å²) < 4.78 is 1.98. The van der Waals surface area contributed by atoms with Crippen molar-refractivity contribution in [3.8, 4) is 17.0 Å². The number of nitrogen functional groups attached to an aromatic ring is 1. The van der Waals surface area contributed by atoms with Crippen molar-refractivity contribution in [1.82, 2.24) is 19.7 Å². The van der Waals surface area contributed by atoms with Crippen molar-refractivity contribution in [3.05, 3.63) is 65.1 Å². The predicted molar refractivity (Wildman–Crippen MR) is 105 cm³/mol. The summed E-state index contributed by atoms with van der Waals surface area (Å²) in [4.78, 5) is 8.47. The molecule has 1 unspecified atom stereocenters. The Kier molecular flexibility index (Phi) is 3.55. The molecule has 0 spiro atoms. The van der Waals surface area contributed by atoms with E-state index in [1.165, 1.54) is 23.5 Å². The SMILES string of the molecule is Nc1cccc2c1CC(n1nc3ncncc3c1-c1cc(O)cc(Cl)c1)C2. The van der Waals surface area contributed by atoms with Gasteiger partial charge in [0, 0.05) is 22.5 Å². The normalized spacial score (nSPS) is 16.0. The number of aromatic hydroxyl groups is 1. The average molecular weight is 378 g/mol. The van der Waals surface area contributed by atoms with Crippen LogP contribution in [-0.4, -0.2) is 24.9 Å². The lowest BCUT2D eigenvalue weighted by Gasteiger charge is -2.15. The Morgan fingerprint density at radius 2 is 2.07 bits per heavy atom. The van der Waals surface area contributed by atoms with E-state index in [9.17, 15) is 5.11 Å². The second-order valence-electron chi connectivity index (χ2n) is 6.80. The van der Waals surface area contributed by atoms with E-state index in [1.807, 2.05) is 22.9 Å². The molecule has 2 heterocycles. The van der Waals surface area contributed by atoms with Crippen LogP contribution < -0.4 is 5.73 Å². The minimum atomic E-state index is 0.106. The molecule has 0 bridgehead atoms. The Hall–Kier alpha value is -3.12. The molecule has 0 saturated carbocycles. The molecule has 7 heteroatoms. The van der Waals surface area contributed by atoms with Crippen molar-refractivity contribution in [1.29, 1.82) is 0 Å². The second-order valence-corrected chi connectivity index (χ2v) is 7.23. The zero-order chi connectivity index (χ0) is 18.5. The fourth-order valence-electron chi connectivity index (χ4n) is 3.94. The smallest absolute Gasteiger partial charge is 0.184 e. The van der Waals surface area contributed by atoms with Crippen molar-refractivity contribution in [2.75, 3.05) is 5.73 Å². The molecule has 0 aliphatic heterocycles. The summed E-state index contributed by atoms with van der Waals surface area (Å²) >= 11 is 6.19. The number of hydrogen-bond acceptors (Lipinski definition) is 5. The van der Waals surface area contributed by atoms with Gasteiger partial charge in [-0.2, -0.15) is 5.10 Å². The van der Waals surface area contributed by atoms with Crippen molar-refractivity contribution < 1.29 is 5.11 Å². The van der Waals surface area contributed by atoms with E-state index >= 15 is 0 Å². The number of phenols is 1. The van der Waals surface area contributed by atoms with Crippen molar-refractivity contribution >= 4 is 28.3 Å². The van der Waals surface area contributed by atoms with E-state index in [0.29, 0.717) is 10.7 Å². The Bertz CT molecular complexity index is 1170. The molecule has 0 radical (unpaired) electrons. The second kappa shape index (κ2) is 5.96. The average Bonchev–Trinajstić information content (AvgIpc) is 3.23. The maximum Gasteiger partial charge on any atom is 0.184 e.